The summed E-state index contributed by atoms with van der Waals surface area (Å²) in [6.45, 7) is 0. The Morgan fingerprint density at radius 2 is 0.907 bits per heavy atom. The number of rotatable bonds is 10. The number of allylic oxidation sites excluding steroid dienone is 4. The summed E-state index contributed by atoms with van der Waals surface area (Å²) in [5.74, 6) is -1.24. The third-order valence-corrected chi connectivity index (χ3v) is 6.69. The van der Waals surface area contributed by atoms with Gasteiger partial charge in [0.2, 0.25) is 0 Å². The minimum Gasteiger partial charge on any atom is -0.477 e. The van der Waals surface area contributed by atoms with Gasteiger partial charge in [-0.05, 0) is 84.4 Å². The minimum absolute atomic E-state index is 0.309. The molecule has 0 spiro atoms. The van der Waals surface area contributed by atoms with Crippen LogP contribution in [-0.4, -0.2) is 11.1 Å². The maximum absolute atomic E-state index is 10.9. The number of para-hydroxylation sites is 3. The number of anilines is 6. The van der Waals surface area contributed by atoms with Crippen LogP contribution in [0.3, 0.4) is 0 Å². The lowest BCUT2D eigenvalue weighted by molar-refractivity contribution is -0.132. The lowest BCUT2D eigenvalue weighted by atomic mass is 10.1. The highest BCUT2D eigenvalue weighted by Crippen LogP contribution is 2.38. The van der Waals surface area contributed by atoms with Gasteiger partial charge in [0.15, 0.2) is 0 Å². The number of aliphatic carboxylic acids is 1. The van der Waals surface area contributed by atoms with Gasteiger partial charge in [-0.3, -0.25) is 0 Å². The van der Waals surface area contributed by atoms with Crippen molar-refractivity contribution in [3.63, 3.8) is 0 Å². The van der Waals surface area contributed by atoms with Gasteiger partial charge in [0.25, 0.3) is 0 Å². The molecular formula is C38H29N3O2. The number of hydrogen-bond acceptors (Lipinski definition) is 4. The number of nitrogens with zero attached hydrogens (tertiary/aromatic N) is 3. The molecule has 0 saturated carbocycles. The van der Waals surface area contributed by atoms with Gasteiger partial charge >= 0.3 is 5.97 Å². The van der Waals surface area contributed by atoms with Gasteiger partial charge in [0.1, 0.15) is 11.6 Å². The fourth-order valence-corrected chi connectivity index (χ4v) is 4.65. The molecule has 5 heteroatoms. The van der Waals surface area contributed by atoms with E-state index in [1.165, 1.54) is 12.2 Å². The van der Waals surface area contributed by atoms with E-state index in [0.29, 0.717) is 0 Å². The van der Waals surface area contributed by atoms with Crippen LogP contribution in [0.1, 0.15) is 5.56 Å². The number of carboxylic acids is 1. The van der Waals surface area contributed by atoms with E-state index >= 15 is 0 Å². The van der Waals surface area contributed by atoms with Crippen molar-refractivity contribution < 1.29 is 9.90 Å². The van der Waals surface area contributed by atoms with Gasteiger partial charge < -0.3 is 14.9 Å². The largest absolute Gasteiger partial charge is 0.477 e. The summed E-state index contributed by atoms with van der Waals surface area (Å²) in [6, 6.07) is 49.4. The average Bonchev–Trinajstić information content (AvgIpc) is 3.06. The third kappa shape index (κ3) is 7.15. The Morgan fingerprint density at radius 3 is 1.28 bits per heavy atom. The molecule has 5 aromatic carbocycles. The average molecular weight is 560 g/mol. The molecule has 5 nitrogen and oxygen atoms in total. The standard InChI is InChI=1S/C38H29N3O2/c39-29-31(38(42)43)14-6-1-5-13-30-21-23-35(24-22-30)41(34-19-11-4-12-20-34)37-27-25-36(26-28-37)40(32-15-7-2-8-16-32)33-17-9-3-10-18-33/h1-28H,(H,42,43)/b6-1+,13-5+,31-14+. The van der Waals surface area contributed by atoms with Crippen LogP contribution in [0.2, 0.25) is 0 Å². The van der Waals surface area contributed by atoms with Gasteiger partial charge in [0, 0.05) is 34.1 Å². The second kappa shape index (κ2) is 14.0. The number of hydrogen-bond donors (Lipinski definition) is 1. The molecule has 0 saturated heterocycles. The zero-order valence-electron chi connectivity index (χ0n) is 23.4. The predicted octanol–water partition coefficient (Wildman–Crippen LogP) is 9.73. The highest BCUT2D eigenvalue weighted by atomic mass is 16.4. The monoisotopic (exact) mass is 559 g/mol. The van der Waals surface area contributed by atoms with Crippen LogP contribution in [0.5, 0.6) is 0 Å². The third-order valence-electron chi connectivity index (χ3n) is 6.69. The number of carbonyl (C=O) groups is 1. The maximum Gasteiger partial charge on any atom is 0.346 e. The Balaban J connectivity index is 1.43. The molecule has 1 N–H and O–H groups in total. The minimum atomic E-state index is -1.24. The second-order valence-corrected chi connectivity index (χ2v) is 9.53. The Bertz CT molecular complexity index is 1730. The SMILES string of the molecule is N#C\C(=C/C=C/C=C/c1ccc(N(c2ccccc2)c2ccc(N(c3ccccc3)c3ccccc3)cc2)cc1)C(=O)O. The molecule has 5 rings (SSSR count). The van der Waals surface area contributed by atoms with Crippen molar-refractivity contribution in [2.24, 2.45) is 0 Å². The molecule has 0 aliphatic carbocycles. The molecule has 0 fully saturated rings. The summed E-state index contributed by atoms with van der Waals surface area (Å²) < 4.78 is 0. The molecule has 0 unspecified atom stereocenters. The first-order valence-corrected chi connectivity index (χ1v) is 13.8. The summed E-state index contributed by atoms with van der Waals surface area (Å²) in [6.07, 6.45) is 8.23. The molecule has 0 amide bonds. The first-order chi connectivity index (χ1) is 21.1. The van der Waals surface area contributed by atoms with E-state index in [2.05, 4.69) is 82.6 Å². The Hall–Kier alpha value is -6.12. The van der Waals surface area contributed by atoms with Crippen LogP contribution in [0.25, 0.3) is 6.08 Å². The maximum atomic E-state index is 10.9. The van der Waals surface area contributed by atoms with Gasteiger partial charge in [-0.15, -0.1) is 0 Å². The van der Waals surface area contributed by atoms with E-state index in [-0.39, 0.29) is 5.57 Å². The molecular weight excluding hydrogens is 530 g/mol. The molecule has 0 atom stereocenters. The van der Waals surface area contributed by atoms with Crippen LogP contribution in [0.4, 0.5) is 34.1 Å². The van der Waals surface area contributed by atoms with Crippen molar-refractivity contribution in [2.75, 3.05) is 9.80 Å². The Labute approximate surface area is 251 Å². The van der Waals surface area contributed by atoms with Crippen LogP contribution in [0.15, 0.2) is 169 Å². The van der Waals surface area contributed by atoms with Crippen molar-refractivity contribution in [3.8, 4) is 6.07 Å². The molecule has 0 aliphatic rings. The summed E-state index contributed by atoms with van der Waals surface area (Å²) >= 11 is 0. The second-order valence-electron chi connectivity index (χ2n) is 9.53. The van der Waals surface area contributed by atoms with Crippen molar-refractivity contribution in [1.29, 1.82) is 5.26 Å². The van der Waals surface area contributed by atoms with Crippen LogP contribution < -0.4 is 9.80 Å². The predicted molar refractivity (Wildman–Crippen MR) is 175 cm³/mol. The van der Waals surface area contributed by atoms with Gasteiger partial charge in [-0.1, -0.05) is 91.0 Å². The summed E-state index contributed by atoms with van der Waals surface area (Å²) in [7, 11) is 0. The van der Waals surface area contributed by atoms with E-state index in [0.717, 1.165) is 39.7 Å². The van der Waals surface area contributed by atoms with Crippen molar-refractivity contribution in [3.05, 3.63) is 175 Å². The lowest BCUT2D eigenvalue weighted by Crippen LogP contribution is -2.12. The smallest absolute Gasteiger partial charge is 0.346 e. The molecule has 0 aliphatic heterocycles. The van der Waals surface area contributed by atoms with Gasteiger partial charge in [-0.25, -0.2) is 4.79 Å². The van der Waals surface area contributed by atoms with E-state index < -0.39 is 5.97 Å². The molecule has 0 aromatic heterocycles. The lowest BCUT2D eigenvalue weighted by Gasteiger charge is -2.28. The van der Waals surface area contributed by atoms with Crippen LogP contribution in [0, 0.1) is 11.3 Å². The number of carboxylic acid groups (broad SMARTS) is 1. The number of nitriles is 1. The molecule has 5 aromatic rings. The normalized spacial score (nSPS) is 11.4. The van der Waals surface area contributed by atoms with Crippen molar-refractivity contribution >= 4 is 46.2 Å². The number of benzene rings is 5. The van der Waals surface area contributed by atoms with Gasteiger partial charge in [-0.2, -0.15) is 5.26 Å². The van der Waals surface area contributed by atoms with Crippen molar-refractivity contribution in [1.82, 2.24) is 0 Å². The summed E-state index contributed by atoms with van der Waals surface area (Å²) in [5, 5.41) is 17.8. The zero-order valence-corrected chi connectivity index (χ0v) is 23.4. The van der Waals surface area contributed by atoms with Crippen molar-refractivity contribution in [2.45, 2.75) is 0 Å². The van der Waals surface area contributed by atoms with E-state index in [1.807, 2.05) is 72.8 Å². The zero-order chi connectivity index (χ0) is 29.9. The molecule has 208 valence electrons. The fraction of sp³-hybridized carbons (Fsp3) is 0. The highest BCUT2D eigenvalue weighted by molar-refractivity contribution is 5.91. The van der Waals surface area contributed by atoms with E-state index in [4.69, 9.17) is 10.4 Å². The van der Waals surface area contributed by atoms with E-state index in [9.17, 15) is 4.79 Å². The molecule has 0 bridgehead atoms. The Morgan fingerprint density at radius 1 is 0.535 bits per heavy atom. The topological polar surface area (TPSA) is 67.6 Å². The van der Waals surface area contributed by atoms with Crippen LogP contribution >= 0.6 is 0 Å². The van der Waals surface area contributed by atoms with Crippen LogP contribution in [-0.2, 0) is 4.79 Å². The summed E-state index contributed by atoms with van der Waals surface area (Å²) in [5.41, 5.74) is 6.99. The fourth-order valence-electron chi connectivity index (χ4n) is 4.65. The first-order valence-electron chi connectivity index (χ1n) is 13.8. The molecule has 0 radical (unpaired) electrons. The molecule has 0 heterocycles. The quantitative estimate of drug-likeness (QED) is 0.105. The van der Waals surface area contributed by atoms with E-state index in [1.54, 1.807) is 18.2 Å². The highest BCUT2D eigenvalue weighted by Gasteiger charge is 2.15. The van der Waals surface area contributed by atoms with Gasteiger partial charge in [0.05, 0.1) is 0 Å². The molecule has 43 heavy (non-hydrogen) atoms. The first kappa shape index (κ1) is 28.4. The Kier molecular flexibility index (Phi) is 9.24. The summed E-state index contributed by atoms with van der Waals surface area (Å²) in [4.78, 5) is 15.4.